The van der Waals surface area contributed by atoms with Gasteiger partial charge in [0.05, 0.1) is 16.9 Å². The van der Waals surface area contributed by atoms with Crippen LogP contribution in [0.1, 0.15) is 143 Å². The van der Waals surface area contributed by atoms with Gasteiger partial charge in [-0.2, -0.15) is 0 Å². The first kappa shape index (κ1) is 49.3. The van der Waals surface area contributed by atoms with Gasteiger partial charge < -0.3 is 0 Å². The van der Waals surface area contributed by atoms with Crippen LogP contribution >= 0.6 is 0 Å². The maximum absolute atomic E-state index is 2.86. The van der Waals surface area contributed by atoms with Crippen LogP contribution in [0.5, 0.6) is 0 Å². The molecule has 0 spiro atoms. The van der Waals surface area contributed by atoms with E-state index in [1.165, 1.54) is 72.4 Å². The van der Waals surface area contributed by atoms with Crippen molar-refractivity contribution in [3.05, 3.63) is 194 Å². The number of rotatable bonds is 10. The minimum atomic E-state index is -2.29. The van der Waals surface area contributed by atoms with Gasteiger partial charge in [0.25, 0.3) is 0 Å². The molecule has 0 aromatic heterocycles. The number of aryl methyl sites for hydroxylation is 1. The second-order valence-electron chi connectivity index (χ2n) is 23.2. The summed E-state index contributed by atoms with van der Waals surface area (Å²) in [5.74, 6) is 0.843. The Labute approximate surface area is 426 Å². The van der Waals surface area contributed by atoms with E-state index in [-0.39, 0.29) is 37.0 Å². The number of allylic oxidation sites excluding steroid dienone is 3. The van der Waals surface area contributed by atoms with Crippen LogP contribution in [0.4, 0.5) is 0 Å². The Hall–Kier alpha value is -4.14. The van der Waals surface area contributed by atoms with Gasteiger partial charge in [0, 0.05) is 37.7 Å². The third-order valence-electron chi connectivity index (χ3n) is 16.2. The van der Waals surface area contributed by atoms with Crippen LogP contribution in [0.2, 0.25) is 24.3 Å². The Bertz CT molecular complexity index is 2890. The molecule has 0 saturated carbocycles. The Morgan fingerprint density at radius 2 is 0.940 bits per heavy atom. The summed E-state index contributed by atoms with van der Waals surface area (Å²) in [5, 5.41) is 0. The van der Waals surface area contributed by atoms with Crippen molar-refractivity contribution in [2.45, 2.75) is 135 Å². The molecule has 0 fully saturated rings. The fraction of sp³-hybridized carbons (Fsp3) is 0.344. The Kier molecular flexibility index (Phi) is 13.7. The molecule has 5 unspecified atom stereocenters. The standard InChI is InChI=1S/C64H73Si2.Zr/c1-40(2)56-38-59-52(45-26-24-41(3)25-27-45)18-15-21-53(59)60(56)44(6)66(14,62-43(5)37-58-51(20-17-23-55(58)62)47-30-34-49(35-31-47)64(10,11)12)39-65(13)61-42(4)36-57-50(19-16-22-54(57)61)46-28-32-48(33-29-46)63(7,8)9;/h15-38,40,44,60-62H,39H2,1-14H3;. The monoisotopic (exact) mass is 987 g/mol. The van der Waals surface area contributed by atoms with E-state index < -0.39 is 16.9 Å². The van der Waals surface area contributed by atoms with E-state index in [9.17, 15) is 0 Å². The molecule has 0 aliphatic heterocycles. The molecule has 1 radical (unpaired) electrons. The quantitative estimate of drug-likeness (QED) is 0.120. The van der Waals surface area contributed by atoms with Gasteiger partial charge in [-0.1, -0.05) is 249 Å². The Morgan fingerprint density at radius 1 is 0.522 bits per heavy atom. The van der Waals surface area contributed by atoms with Gasteiger partial charge in [0.15, 0.2) is 0 Å². The number of hydrogen-bond acceptors (Lipinski definition) is 0. The van der Waals surface area contributed by atoms with Crippen LogP contribution in [0.25, 0.3) is 51.6 Å². The summed E-state index contributed by atoms with van der Waals surface area (Å²) in [6.07, 6.45) is 7.80. The average molecular weight is 990 g/mol. The maximum atomic E-state index is 2.86. The topological polar surface area (TPSA) is 0 Å². The zero-order valence-corrected chi connectivity index (χ0v) is 47.4. The smallest absolute Gasteiger partial charge is 0.0640 e. The van der Waals surface area contributed by atoms with Crippen molar-refractivity contribution in [1.82, 2.24) is 0 Å². The Balaban J connectivity index is 0.00000608. The SMILES string of the molecule is CC1=Cc2c(-c3ccc(C(C)(C)C)cc3)cccc2C1[Si](C)C[Si](C)(C1C(C)=Cc2c(-c3ccc(C(C)(C)C)cc3)cccc21)C(C)C1C(C(C)C)=Cc2c(-c3ccc(C)cc3)cccc21.[Zr]. The molecular weight excluding hydrogens is 916 g/mol. The molecular formula is C64H73Si2Zr. The second-order valence-corrected chi connectivity index (χ2v) is 31.4. The fourth-order valence-electron chi connectivity index (χ4n) is 12.6. The predicted molar refractivity (Wildman–Crippen MR) is 294 cm³/mol. The molecule has 6 aromatic carbocycles. The summed E-state index contributed by atoms with van der Waals surface area (Å²) in [7, 11) is -3.24. The largest absolute Gasteiger partial charge is 0.0705 e. The van der Waals surface area contributed by atoms with Crippen LogP contribution < -0.4 is 0 Å². The van der Waals surface area contributed by atoms with Crippen LogP contribution in [0, 0.1) is 12.8 Å². The van der Waals surface area contributed by atoms with Gasteiger partial charge >= 0.3 is 0 Å². The molecule has 5 atom stereocenters. The van der Waals surface area contributed by atoms with E-state index in [2.05, 4.69) is 242 Å². The summed E-state index contributed by atoms with van der Waals surface area (Å²) in [6, 6.07) is 49.7. The summed E-state index contributed by atoms with van der Waals surface area (Å²) >= 11 is 0. The summed E-state index contributed by atoms with van der Waals surface area (Å²) in [4.78, 5) is 0. The van der Waals surface area contributed by atoms with Crippen LogP contribution in [-0.4, -0.2) is 16.9 Å². The van der Waals surface area contributed by atoms with Crippen molar-refractivity contribution in [3.8, 4) is 33.4 Å². The number of hydrogen-bond donors (Lipinski definition) is 0. The molecule has 0 saturated heterocycles. The molecule has 0 amide bonds. The van der Waals surface area contributed by atoms with Crippen LogP contribution in [-0.2, 0) is 37.0 Å². The van der Waals surface area contributed by atoms with Gasteiger partial charge in [0.1, 0.15) is 0 Å². The third-order valence-corrected chi connectivity index (χ3v) is 27.7. The molecule has 6 aromatic rings. The van der Waals surface area contributed by atoms with Gasteiger partial charge in [-0.25, -0.2) is 0 Å². The maximum Gasteiger partial charge on any atom is 0.0640 e. The summed E-state index contributed by atoms with van der Waals surface area (Å²) in [6.45, 7) is 34.2. The zero-order chi connectivity index (χ0) is 47.0. The van der Waals surface area contributed by atoms with Crippen molar-refractivity contribution in [2.24, 2.45) is 5.92 Å². The summed E-state index contributed by atoms with van der Waals surface area (Å²) in [5.41, 5.74) is 29.0. The van der Waals surface area contributed by atoms with Crippen molar-refractivity contribution in [1.29, 1.82) is 0 Å². The van der Waals surface area contributed by atoms with E-state index in [1.807, 2.05) is 0 Å². The average Bonchev–Trinajstić information content (AvgIpc) is 3.96. The van der Waals surface area contributed by atoms with Crippen molar-refractivity contribution in [3.63, 3.8) is 0 Å². The molecule has 0 heterocycles. The molecule has 3 heteroatoms. The molecule has 0 nitrogen and oxygen atoms in total. The van der Waals surface area contributed by atoms with Gasteiger partial charge in [-0.15, -0.1) is 0 Å². The molecule has 3 aliphatic rings. The minimum Gasteiger partial charge on any atom is -0.0705 e. The molecule has 341 valence electrons. The first-order chi connectivity index (χ1) is 31.3. The van der Waals surface area contributed by atoms with Gasteiger partial charge in [-0.05, 0) is 126 Å². The Morgan fingerprint density at radius 3 is 1.42 bits per heavy atom. The fourth-order valence-corrected chi connectivity index (χ4v) is 25.7. The van der Waals surface area contributed by atoms with Gasteiger partial charge in [-0.3, -0.25) is 0 Å². The van der Waals surface area contributed by atoms with E-state index in [4.69, 9.17) is 0 Å². The summed E-state index contributed by atoms with van der Waals surface area (Å²) < 4.78 is 0. The number of fused-ring (bicyclic) bond motifs is 3. The molecule has 0 bridgehead atoms. The zero-order valence-electron chi connectivity index (χ0n) is 43.0. The third kappa shape index (κ3) is 9.01. The molecule has 0 N–H and O–H groups in total. The second kappa shape index (κ2) is 18.6. The first-order valence-electron chi connectivity index (χ1n) is 24.8. The van der Waals surface area contributed by atoms with E-state index in [0.717, 1.165) is 0 Å². The van der Waals surface area contributed by atoms with E-state index in [0.29, 0.717) is 28.5 Å². The number of benzene rings is 6. The van der Waals surface area contributed by atoms with Crippen LogP contribution in [0.15, 0.2) is 144 Å². The minimum absolute atomic E-state index is 0. The van der Waals surface area contributed by atoms with Crippen molar-refractivity contribution in [2.75, 3.05) is 0 Å². The molecule has 3 aliphatic carbocycles. The van der Waals surface area contributed by atoms with Gasteiger partial charge in [0.2, 0.25) is 0 Å². The van der Waals surface area contributed by atoms with Crippen LogP contribution in [0.3, 0.4) is 0 Å². The van der Waals surface area contributed by atoms with Crippen molar-refractivity contribution < 1.29 is 26.2 Å². The van der Waals surface area contributed by atoms with E-state index in [1.54, 1.807) is 33.4 Å². The molecule has 9 rings (SSSR count). The molecule has 67 heavy (non-hydrogen) atoms. The first-order valence-corrected chi connectivity index (χ1v) is 30.0. The predicted octanol–water partition coefficient (Wildman–Crippen LogP) is 18.3. The van der Waals surface area contributed by atoms with Crippen molar-refractivity contribution >= 4 is 35.1 Å². The normalized spacial score (nSPS) is 19.0. The van der Waals surface area contributed by atoms with E-state index >= 15 is 0 Å².